The van der Waals surface area contributed by atoms with E-state index in [1.165, 1.54) is 6.08 Å². The first-order valence-electron chi connectivity index (χ1n) is 9.04. The summed E-state index contributed by atoms with van der Waals surface area (Å²) in [6, 6.07) is 16.3. The smallest absolute Gasteiger partial charge is 0.336 e. The van der Waals surface area contributed by atoms with Crippen LogP contribution in [-0.4, -0.2) is 16.7 Å². The summed E-state index contributed by atoms with van der Waals surface area (Å²) >= 11 is 0. The molecule has 5 heteroatoms. The molecule has 4 rings (SSSR count). The van der Waals surface area contributed by atoms with E-state index in [9.17, 15) is 9.59 Å². The fourth-order valence-electron chi connectivity index (χ4n) is 3.03. The van der Waals surface area contributed by atoms with Crippen molar-refractivity contribution in [3.05, 3.63) is 101 Å². The van der Waals surface area contributed by atoms with Gasteiger partial charge in [0.05, 0.1) is 5.56 Å². The number of aryl methyl sites for hydroxylation is 1. The van der Waals surface area contributed by atoms with Crippen LogP contribution in [-0.2, 0) is 4.79 Å². The maximum absolute atomic E-state index is 12.7. The molecule has 0 saturated heterocycles. The number of nitrogens with zero attached hydrogens (tertiary/aromatic N) is 1. The minimum atomic E-state index is -0.511. The van der Waals surface area contributed by atoms with Gasteiger partial charge in [-0.2, -0.15) is 0 Å². The van der Waals surface area contributed by atoms with Crippen LogP contribution < -0.4 is 9.47 Å². The van der Waals surface area contributed by atoms with Gasteiger partial charge in [0, 0.05) is 24.5 Å². The van der Waals surface area contributed by atoms with Crippen LogP contribution in [0.3, 0.4) is 0 Å². The van der Waals surface area contributed by atoms with Crippen molar-refractivity contribution in [2.45, 2.75) is 6.92 Å². The second kappa shape index (κ2) is 7.94. The summed E-state index contributed by atoms with van der Waals surface area (Å²) < 4.78 is 11.1. The van der Waals surface area contributed by atoms with Crippen LogP contribution in [0.25, 0.3) is 12.2 Å². The molecule has 29 heavy (non-hydrogen) atoms. The average molecular weight is 383 g/mol. The van der Waals surface area contributed by atoms with E-state index >= 15 is 0 Å². The molecule has 0 N–H and O–H groups in total. The third-order valence-electron chi connectivity index (χ3n) is 4.36. The van der Waals surface area contributed by atoms with Crippen molar-refractivity contribution in [3.63, 3.8) is 0 Å². The lowest BCUT2D eigenvalue weighted by molar-refractivity contribution is -0.128. The predicted octanol–water partition coefficient (Wildman–Crippen LogP) is 4.63. The number of carbonyl (C=O) groups excluding carboxylic acids is 2. The first kappa shape index (κ1) is 18.4. The highest BCUT2D eigenvalue weighted by molar-refractivity contribution is 6.15. The third-order valence-corrected chi connectivity index (χ3v) is 4.36. The number of hydrogen-bond acceptors (Lipinski definition) is 5. The Morgan fingerprint density at radius 1 is 1.07 bits per heavy atom. The summed E-state index contributed by atoms with van der Waals surface area (Å²) in [5.41, 5.74) is 2.81. The van der Waals surface area contributed by atoms with Crippen molar-refractivity contribution in [2.24, 2.45) is 0 Å². The van der Waals surface area contributed by atoms with Gasteiger partial charge in [0.1, 0.15) is 11.5 Å². The Hall–Kier alpha value is -3.99. The third kappa shape index (κ3) is 4.14. The standard InChI is InChI=1S/C24H17NO4/c1-16-12-19(28-22(26)10-9-17-6-3-2-4-7-17)14-20-23(16)24(27)21(29-20)13-18-8-5-11-25-15-18/h2-15H,1H3/b10-9+,21-13-. The highest BCUT2D eigenvalue weighted by atomic mass is 16.5. The number of ketones is 1. The molecular weight excluding hydrogens is 366 g/mol. The zero-order valence-corrected chi connectivity index (χ0v) is 15.7. The highest BCUT2D eigenvalue weighted by Crippen LogP contribution is 2.37. The second-order valence-electron chi connectivity index (χ2n) is 6.50. The quantitative estimate of drug-likeness (QED) is 0.373. The molecule has 0 saturated carbocycles. The van der Waals surface area contributed by atoms with Gasteiger partial charge in [-0.15, -0.1) is 0 Å². The predicted molar refractivity (Wildman–Crippen MR) is 109 cm³/mol. The zero-order valence-electron chi connectivity index (χ0n) is 15.7. The number of benzene rings is 2. The number of hydrogen-bond donors (Lipinski definition) is 0. The SMILES string of the molecule is Cc1cc(OC(=O)/C=C/c2ccccc2)cc2c1C(=O)/C(=C/c1cccnc1)O2. The summed E-state index contributed by atoms with van der Waals surface area (Å²) in [4.78, 5) is 28.8. The molecule has 0 bridgehead atoms. The first-order chi connectivity index (χ1) is 14.1. The van der Waals surface area contributed by atoms with Crippen molar-refractivity contribution in [1.82, 2.24) is 4.98 Å². The van der Waals surface area contributed by atoms with E-state index in [1.807, 2.05) is 36.4 Å². The molecule has 0 amide bonds. The van der Waals surface area contributed by atoms with Gasteiger partial charge in [0.2, 0.25) is 5.78 Å². The Morgan fingerprint density at radius 3 is 2.62 bits per heavy atom. The summed E-state index contributed by atoms with van der Waals surface area (Å²) in [7, 11) is 0. The minimum Gasteiger partial charge on any atom is -0.452 e. The summed E-state index contributed by atoms with van der Waals surface area (Å²) in [5.74, 6) is 0.190. The minimum absolute atomic E-state index is 0.205. The number of carbonyl (C=O) groups is 2. The Bertz CT molecular complexity index is 1130. The Kier molecular flexibility index (Phi) is 5.03. The van der Waals surface area contributed by atoms with E-state index in [4.69, 9.17) is 9.47 Å². The van der Waals surface area contributed by atoms with Crippen LogP contribution in [0, 0.1) is 6.92 Å². The molecule has 0 aliphatic carbocycles. The maximum Gasteiger partial charge on any atom is 0.336 e. The summed E-state index contributed by atoms with van der Waals surface area (Å²) in [5, 5.41) is 0. The Balaban J connectivity index is 1.53. The van der Waals surface area contributed by atoms with E-state index < -0.39 is 5.97 Å². The van der Waals surface area contributed by atoms with Gasteiger partial charge < -0.3 is 9.47 Å². The van der Waals surface area contributed by atoms with Crippen molar-refractivity contribution < 1.29 is 19.1 Å². The lowest BCUT2D eigenvalue weighted by Crippen LogP contribution is -2.04. The monoisotopic (exact) mass is 383 g/mol. The van der Waals surface area contributed by atoms with Crippen molar-refractivity contribution >= 4 is 23.9 Å². The first-order valence-corrected chi connectivity index (χ1v) is 9.04. The molecule has 0 radical (unpaired) electrons. The van der Waals surface area contributed by atoms with Crippen molar-refractivity contribution in [1.29, 1.82) is 0 Å². The van der Waals surface area contributed by atoms with Crippen LogP contribution >= 0.6 is 0 Å². The zero-order chi connectivity index (χ0) is 20.2. The molecule has 5 nitrogen and oxygen atoms in total. The van der Waals surface area contributed by atoms with Gasteiger partial charge in [-0.1, -0.05) is 36.4 Å². The van der Waals surface area contributed by atoms with Crippen LogP contribution in [0.15, 0.2) is 78.8 Å². The summed E-state index contributed by atoms with van der Waals surface area (Å²) in [6.07, 6.45) is 7.98. The van der Waals surface area contributed by atoms with Crippen molar-refractivity contribution in [2.75, 3.05) is 0 Å². The van der Waals surface area contributed by atoms with Gasteiger partial charge in [-0.05, 0) is 47.9 Å². The molecule has 0 atom stereocenters. The number of esters is 1. The molecule has 1 aliphatic rings. The van der Waals surface area contributed by atoms with Gasteiger partial charge in [-0.25, -0.2) is 4.79 Å². The maximum atomic E-state index is 12.7. The van der Waals surface area contributed by atoms with E-state index in [0.29, 0.717) is 22.6 Å². The molecule has 0 unspecified atom stereocenters. The topological polar surface area (TPSA) is 65.5 Å². The number of Topliss-reactive ketones (excluding diaryl/α,β-unsaturated/α-hetero) is 1. The molecule has 2 aromatic carbocycles. The molecule has 3 aromatic rings. The van der Waals surface area contributed by atoms with Crippen molar-refractivity contribution in [3.8, 4) is 11.5 Å². The number of fused-ring (bicyclic) bond motifs is 1. The molecule has 142 valence electrons. The second-order valence-corrected chi connectivity index (χ2v) is 6.50. The van der Waals surface area contributed by atoms with E-state index in [0.717, 1.165) is 11.1 Å². The largest absolute Gasteiger partial charge is 0.452 e. The Labute approximate surface area is 167 Å². The fourth-order valence-corrected chi connectivity index (χ4v) is 3.03. The highest BCUT2D eigenvalue weighted by Gasteiger charge is 2.30. The van der Waals surface area contributed by atoms with Gasteiger partial charge in [-0.3, -0.25) is 9.78 Å². The van der Waals surface area contributed by atoms with Gasteiger partial charge in [0.15, 0.2) is 5.76 Å². The number of aromatic nitrogens is 1. The van der Waals surface area contributed by atoms with E-state index in [-0.39, 0.29) is 11.5 Å². The lowest BCUT2D eigenvalue weighted by atomic mass is 10.0. The fraction of sp³-hybridized carbons (Fsp3) is 0.0417. The molecule has 1 aromatic heterocycles. The summed E-state index contributed by atoms with van der Waals surface area (Å²) in [6.45, 7) is 1.78. The number of allylic oxidation sites excluding steroid dienone is 1. The van der Waals surface area contributed by atoms with Gasteiger partial charge in [0.25, 0.3) is 0 Å². The number of rotatable bonds is 4. The van der Waals surface area contributed by atoms with Crippen LogP contribution in [0.4, 0.5) is 0 Å². The van der Waals surface area contributed by atoms with Gasteiger partial charge >= 0.3 is 5.97 Å². The number of pyridine rings is 1. The van der Waals surface area contributed by atoms with Crippen LogP contribution in [0.1, 0.15) is 27.0 Å². The molecule has 0 spiro atoms. The Morgan fingerprint density at radius 2 is 1.86 bits per heavy atom. The molecule has 2 heterocycles. The molecular formula is C24H17NO4. The van der Waals surface area contributed by atoms with Crippen LogP contribution in [0.2, 0.25) is 0 Å². The number of ether oxygens (including phenoxy) is 2. The normalized spacial score (nSPS) is 14.1. The molecule has 1 aliphatic heterocycles. The van der Waals surface area contributed by atoms with E-state index in [1.54, 1.807) is 49.7 Å². The molecule has 0 fully saturated rings. The average Bonchev–Trinajstić information content (AvgIpc) is 3.03. The lowest BCUT2D eigenvalue weighted by Gasteiger charge is -2.06. The van der Waals surface area contributed by atoms with E-state index in [2.05, 4.69) is 4.98 Å². The van der Waals surface area contributed by atoms with Crippen LogP contribution in [0.5, 0.6) is 11.5 Å².